The van der Waals surface area contributed by atoms with E-state index in [2.05, 4.69) is 6.92 Å². The van der Waals surface area contributed by atoms with Crippen molar-refractivity contribution in [2.45, 2.75) is 12.7 Å². The van der Waals surface area contributed by atoms with Gasteiger partial charge in [0.25, 0.3) is 0 Å². The molecule has 0 unspecified atom stereocenters. The third kappa shape index (κ3) is 2.68. The van der Waals surface area contributed by atoms with Crippen LogP contribution in [0.15, 0.2) is 18.2 Å². The second-order valence-corrected chi connectivity index (χ2v) is 4.75. The molecular weight excluding hydrogens is 246 g/mol. The molecule has 19 heavy (non-hydrogen) atoms. The van der Waals surface area contributed by atoms with Crippen LogP contribution in [0.1, 0.15) is 12.5 Å². The number of hydrogen-bond donors (Lipinski definition) is 1. The first kappa shape index (κ1) is 14.1. The Morgan fingerprint density at radius 3 is 2.47 bits per heavy atom. The minimum absolute atomic E-state index is 0.239. The fourth-order valence-corrected chi connectivity index (χ4v) is 2.14. The van der Waals surface area contributed by atoms with Gasteiger partial charge in [-0.1, -0.05) is 6.92 Å². The quantitative estimate of drug-likeness (QED) is 0.895. The zero-order valence-electron chi connectivity index (χ0n) is 11.6. The molecule has 0 spiro atoms. The normalized spacial score (nSPS) is 27.1. The van der Waals surface area contributed by atoms with Gasteiger partial charge in [0.15, 0.2) is 0 Å². The molecule has 0 aliphatic carbocycles. The highest BCUT2D eigenvalue weighted by Gasteiger charge is 2.39. The molecular formula is C14H21NO4. The first-order chi connectivity index (χ1) is 9.15. The smallest absolute Gasteiger partial charge is 0.211 e. The van der Waals surface area contributed by atoms with E-state index in [1.165, 1.54) is 0 Å². The van der Waals surface area contributed by atoms with Crippen LogP contribution in [-0.2, 0) is 15.3 Å². The Kier molecular flexibility index (Phi) is 4.29. The second-order valence-electron chi connectivity index (χ2n) is 4.75. The summed E-state index contributed by atoms with van der Waals surface area (Å²) in [5.41, 5.74) is 6.67. The summed E-state index contributed by atoms with van der Waals surface area (Å²) >= 11 is 0. The lowest BCUT2D eigenvalue weighted by Gasteiger charge is -2.39. The summed E-state index contributed by atoms with van der Waals surface area (Å²) in [5, 5.41) is 0. The maximum atomic E-state index is 5.87. The number of benzene rings is 1. The molecule has 106 valence electrons. The first-order valence-corrected chi connectivity index (χ1v) is 6.35. The van der Waals surface area contributed by atoms with Crippen molar-refractivity contribution in [3.8, 4) is 11.5 Å². The lowest BCUT2D eigenvalue weighted by Crippen LogP contribution is -2.46. The van der Waals surface area contributed by atoms with Gasteiger partial charge in [0.2, 0.25) is 5.79 Å². The van der Waals surface area contributed by atoms with E-state index in [1.807, 2.05) is 12.1 Å². The Bertz CT molecular complexity index is 427. The van der Waals surface area contributed by atoms with Gasteiger partial charge in [-0.25, -0.2) is 0 Å². The van der Waals surface area contributed by atoms with Gasteiger partial charge in [-0.05, 0) is 12.1 Å². The molecule has 5 nitrogen and oxygen atoms in total. The molecule has 1 aliphatic heterocycles. The molecule has 0 aromatic heterocycles. The van der Waals surface area contributed by atoms with Crippen LogP contribution in [-0.4, -0.2) is 34.0 Å². The second kappa shape index (κ2) is 5.77. The Morgan fingerprint density at radius 1 is 1.26 bits per heavy atom. The van der Waals surface area contributed by atoms with Gasteiger partial charge in [0.05, 0.1) is 39.5 Å². The summed E-state index contributed by atoms with van der Waals surface area (Å²) < 4.78 is 22.3. The predicted molar refractivity (Wildman–Crippen MR) is 71.3 cm³/mol. The zero-order valence-corrected chi connectivity index (χ0v) is 11.6. The van der Waals surface area contributed by atoms with Crippen LogP contribution in [0.25, 0.3) is 0 Å². The van der Waals surface area contributed by atoms with E-state index in [1.54, 1.807) is 20.3 Å². The van der Waals surface area contributed by atoms with Crippen molar-refractivity contribution < 1.29 is 18.9 Å². The monoisotopic (exact) mass is 267 g/mol. The molecule has 0 radical (unpaired) electrons. The van der Waals surface area contributed by atoms with Crippen molar-refractivity contribution >= 4 is 0 Å². The highest BCUT2D eigenvalue weighted by atomic mass is 16.7. The third-order valence-corrected chi connectivity index (χ3v) is 3.29. The Balaban J connectivity index is 2.37. The summed E-state index contributed by atoms with van der Waals surface area (Å²) in [6, 6.07) is 5.53. The number of methoxy groups -OCH3 is 2. The molecule has 0 amide bonds. The standard InChI is InChI=1S/C14H21NO4/c1-10-7-18-14(9-15,19-8-10)12-5-4-11(16-2)6-13(12)17-3/h4-6,10H,7-9,15H2,1-3H3. The highest BCUT2D eigenvalue weighted by molar-refractivity contribution is 5.43. The van der Waals surface area contributed by atoms with Gasteiger partial charge in [-0.3, -0.25) is 0 Å². The molecule has 1 aromatic rings. The van der Waals surface area contributed by atoms with Crippen LogP contribution in [0.3, 0.4) is 0 Å². The molecule has 0 bridgehead atoms. The van der Waals surface area contributed by atoms with E-state index < -0.39 is 5.79 Å². The molecule has 1 saturated heterocycles. The van der Waals surface area contributed by atoms with Crippen LogP contribution in [0.4, 0.5) is 0 Å². The summed E-state index contributed by atoms with van der Waals surface area (Å²) in [7, 11) is 3.22. The zero-order chi connectivity index (χ0) is 13.9. The van der Waals surface area contributed by atoms with Crippen LogP contribution < -0.4 is 15.2 Å². The topological polar surface area (TPSA) is 62.9 Å². The van der Waals surface area contributed by atoms with E-state index in [9.17, 15) is 0 Å². The maximum Gasteiger partial charge on any atom is 0.211 e. The van der Waals surface area contributed by atoms with E-state index in [0.717, 1.165) is 11.3 Å². The Hall–Kier alpha value is -1.30. The maximum absolute atomic E-state index is 5.87. The van der Waals surface area contributed by atoms with Crippen molar-refractivity contribution in [3.63, 3.8) is 0 Å². The lowest BCUT2D eigenvalue weighted by atomic mass is 10.0. The largest absolute Gasteiger partial charge is 0.497 e. The summed E-state index contributed by atoms with van der Waals surface area (Å²) in [4.78, 5) is 0. The van der Waals surface area contributed by atoms with Crippen molar-refractivity contribution in [2.75, 3.05) is 34.0 Å². The minimum Gasteiger partial charge on any atom is -0.497 e. The van der Waals surface area contributed by atoms with Crippen LogP contribution in [0.5, 0.6) is 11.5 Å². The first-order valence-electron chi connectivity index (χ1n) is 6.35. The number of hydrogen-bond acceptors (Lipinski definition) is 5. The molecule has 1 aliphatic rings. The summed E-state index contributed by atoms with van der Waals surface area (Å²) in [6.07, 6.45) is 0. The molecule has 5 heteroatoms. The molecule has 1 heterocycles. The van der Waals surface area contributed by atoms with Gasteiger partial charge in [-0.15, -0.1) is 0 Å². The number of ether oxygens (including phenoxy) is 4. The van der Waals surface area contributed by atoms with E-state index >= 15 is 0 Å². The molecule has 2 rings (SSSR count). The average Bonchev–Trinajstić information content (AvgIpc) is 2.48. The van der Waals surface area contributed by atoms with Gasteiger partial charge < -0.3 is 24.7 Å². The van der Waals surface area contributed by atoms with Gasteiger partial charge in [-0.2, -0.15) is 0 Å². The van der Waals surface area contributed by atoms with Crippen molar-refractivity contribution in [1.82, 2.24) is 0 Å². The lowest BCUT2D eigenvalue weighted by molar-refractivity contribution is -0.284. The Labute approximate surface area is 113 Å². The fraction of sp³-hybridized carbons (Fsp3) is 0.571. The van der Waals surface area contributed by atoms with Gasteiger partial charge >= 0.3 is 0 Å². The van der Waals surface area contributed by atoms with E-state index in [4.69, 9.17) is 24.7 Å². The van der Waals surface area contributed by atoms with Gasteiger partial charge in [0.1, 0.15) is 11.5 Å². The molecule has 0 atom stereocenters. The van der Waals surface area contributed by atoms with Gasteiger partial charge in [0, 0.05) is 12.0 Å². The van der Waals surface area contributed by atoms with Crippen molar-refractivity contribution in [1.29, 1.82) is 0 Å². The van der Waals surface area contributed by atoms with Crippen LogP contribution >= 0.6 is 0 Å². The molecule has 1 aromatic carbocycles. The summed E-state index contributed by atoms with van der Waals surface area (Å²) in [6.45, 7) is 3.55. The Morgan fingerprint density at radius 2 is 1.95 bits per heavy atom. The minimum atomic E-state index is -0.926. The molecule has 1 fully saturated rings. The molecule has 0 saturated carbocycles. The summed E-state index contributed by atoms with van der Waals surface area (Å²) in [5.74, 6) is 0.810. The molecule has 2 N–H and O–H groups in total. The average molecular weight is 267 g/mol. The predicted octanol–water partition coefficient (Wildman–Crippen LogP) is 1.50. The third-order valence-electron chi connectivity index (χ3n) is 3.29. The van der Waals surface area contributed by atoms with E-state index in [-0.39, 0.29) is 6.54 Å². The highest BCUT2D eigenvalue weighted by Crippen LogP contribution is 2.38. The fourth-order valence-electron chi connectivity index (χ4n) is 2.14. The van der Waals surface area contributed by atoms with Crippen molar-refractivity contribution in [2.24, 2.45) is 11.7 Å². The van der Waals surface area contributed by atoms with E-state index in [0.29, 0.717) is 24.9 Å². The van der Waals surface area contributed by atoms with Crippen LogP contribution in [0, 0.1) is 5.92 Å². The SMILES string of the molecule is COc1ccc(C2(CN)OCC(C)CO2)c(OC)c1. The van der Waals surface area contributed by atoms with Crippen LogP contribution in [0.2, 0.25) is 0 Å². The number of rotatable bonds is 4. The van der Waals surface area contributed by atoms with Crippen molar-refractivity contribution in [3.05, 3.63) is 23.8 Å². The number of nitrogens with two attached hydrogens (primary N) is 1.